The summed E-state index contributed by atoms with van der Waals surface area (Å²) < 4.78 is 31.9. The molecular weight excluding hydrogens is 238 g/mol. The molecule has 1 saturated heterocycles. The Morgan fingerprint density at radius 2 is 2.33 bits per heavy atom. The summed E-state index contributed by atoms with van der Waals surface area (Å²) in [4.78, 5) is 0. The maximum absolute atomic E-state index is 13.5. The van der Waals surface area contributed by atoms with Gasteiger partial charge in [-0.25, -0.2) is 8.78 Å². The molecule has 1 aromatic rings. The van der Waals surface area contributed by atoms with Crippen molar-refractivity contribution >= 4 is 5.69 Å². The molecule has 1 aliphatic heterocycles. The predicted molar refractivity (Wildman–Crippen MR) is 66.7 cm³/mol. The van der Waals surface area contributed by atoms with Crippen molar-refractivity contribution in [3.8, 4) is 0 Å². The van der Waals surface area contributed by atoms with Gasteiger partial charge in [0, 0.05) is 18.6 Å². The average Bonchev–Trinajstić information content (AvgIpc) is 2.36. The number of halogens is 2. The lowest BCUT2D eigenvalue weighted by atomic mass is 10.1. The van der Waals surface area contributed by atoms with Gasteiger partial charge in [-0.3, -0.25) is 0 Å². The number of nitrogens with one attached hydrogen (secondary N) is 2. The van der Waals surface area contributed by atoms with E-state index in [-0.39, 0.29) is 17.8 Å². The second kappa shape index (κ2) is 6.11. The molecule has 3 nitrogen and oxygen atoms in total. The number of benzene rings is 1. The molecule has 2 N–H and O–H groups in total. The summed E-state index contributed by atoms with van der Waals surface area (Å²) in [5.41, 5.74) is 0.208. The van der Waals surface area contributed by atoms with Gasteiger partial charge < -0.3 is 15.4 Å². The van der Waals surface area contributed by atoms with E-state index in [2.05, 4.69) is 10.6 Å². The molecule has 2 unspecified atom stereocenters. The van der Waals surface area contributed by atoms with E-state index in [4.69, 9.17) is 4.74 Å². The first-order valence-corrected chi connectivity index (χ1v) is 6.18. The Bertz CT molecular complexity index is 395. The Hall–Kier alpha value is -1.20. The second-order valence-corrected chi connectivity index (χ2v) is 4.61. The van der Waals surface area contributed by atoms with Crippen molar-refractivity contribution in [1.29, 1.82) is 0 Å². The van der Waals surface area contributed by atoms with Crippen LogP contribution in [-0.2, 0) is 4.74 Å². The van der Waals surface area contributed by atoms with Crippen LogP contribution in [0.4, 0.5) is 14.5 Å². The molecule has 0 saturated carbocycles. The lowest BCUT2D eigenvalue weighted by Gasteiger charge is -2.27. The number of hydrogen-bond acceptors (Lipinski definition) is 3. The van der Waals surface area contributed by atoms with Crippen LogP contribution in [0.5, 0.6) is 0 Å². The Morgan fingerprint density at radius 1 is 1.50 bits per heavy atom. The van der Waals surface area contributed by atoms with E-state index in [1.807, 2.05) is 6.92 Å². The fourth-order valence-electron chi connectivity index (χ4n) is 2.14. The highest BCUT2D eigenvalue weighted by molar-refractivity contribution is 5.45. The van der Waals surface area contributed by atoms with Gasteiger partial charge in [-0.2, -0.15) is 0 Å². The Morgan fingerprint density at radius 3 is 3.06 bits per heavy atom. The Kier molecular flexibility index (Phi) is 4.49. The zero-order valence-corrected chi connectivity index (χ0v) is 10.4. The summed E-state index contributed by atoms with van der Waals surface area (Å²) in [7, 11) is 0. The summed E-state index contributed by atoms with van der Waals surface area (Å²) in [6.07, 6.45) is 0.802. The van der Waals surface area contributed by atoms with Gasteiger partial charge in [-0.15, -0.1) is 0 Å². The zero-order chi connectivity index (χ0) is 13.0. The highest BCUT2D eigenvalue weighted by atomic mass is 19.2. The minimum absolute atomic E-state index is 0.0421. The first-order valence-electron chi connectivity index (χ1n) is 6.18. The highest BCUT2D eigenvalue weighted by Crippen LogP contribution is 2.18. The van der Waals surface area contributed by atoms with Crippen LogP contribution in [0.3, 0.4) is 0 Å². The third-order valence-corrected chi connectivity index (χ3v) is 2.99. The molecule has 0 bridgehead atoms. The molecule has 0 spiro atoms. The van der Waals surface area contributed by atoms with Gasteiger partial charge in [0.2, 0.25) is 0 Å². The van der Waals surface area contributed by atoms with Gasteiger partial charge >= 0.3 is 0 Å². The SMILES string of the molecule is CC(CC1COCCN1)Nc1cccc(F)c1F. The molecule has 2 atom stereocenters. The second-order valence-electron chi connectivity index (χ2n) is 4.61. The lowest BCUT2D eigenvalue weighted by Crippen LogP contribution is -2.43. The molecule has 18 heavy (non-hydrogen) atoms. The standard InChI is InChI=1S/C13H18F2N2O/c1-9(7-10-8-18-6-5-16-10)17-12-4-2-3-11(14)13(12)15/h2-4,9-10,16-17H,5-8H2,1H3. The van der Waals surface area contributed by atoms with Gasteiger partial charge in [-0.05, 0) is 25.5 Å². The van der Waals surface area contributed by atoms with Gasteiger partial charge in [-0.1, -0.05) is 6.07 Å². The van der Waals surface area contributed by atoms with Gasteiger partial charge in [0.1, 0.15) is 0 Å². The normalized spacial score (nSPS) is 21.6. The fourth-order valence-corrected chi connectivity index (χ4v) is 2.14. The van der Waals surface area contributed by atoms with E-state index >= 15 is 0 Å². The molecule has 1 heterocycles. The largest absolute Gasteiger partial charge is 0.380 e. The van der Waals surface area contributed by atoms with Crippen molar-refractivity contribution in [3.63, 3.8) is 0 Å². The molecule has 100 valence electrons. The summed E-state index contributed by atoms with van der Waals surface area (Å²) in [5.74, 6) is -1.65. The minimum atomic E-state index is -0.827. The molecule has 1 aromatic carbocycles. The quantitative estimate of drug-likeness (QED) is 0.866. The van der Waals surface area contributed by atoms with Crippen LogP contribution < -0.4 is 10.6 Å². The van der Waals surface area contributed by atoms with E-state index in [1.165, 1.54) is 6.07 Å². The third kappa shape index (κ3) is 3.40. The van der Waals surface area contributed by atoms with E-state index in [0.29, 0.717) is 6.61 Å². The maximum Gasteiger partial charge on any atom is 0.181 e. The topological polar surface area (TPSA) is 33.3 Å². The van der Waals surface area contributed by atoms with Crippen LogP contribution in [0, 0.1) is 11.6 Å². The van der Waals surface area contributed by atoms with Gasteiger partial charge in [0.15, 0.2) is 11.6 Å². The number of rotatable bonds is 4. The van der Waals surface area contributed by atoms with Crippen LogP contribution in [0.15, 0.2) is 18.2 Å². The maximum atomic E-state index is 13.5. The molecule has 0 radical (unpaired) electrons. The van der Waals surface area contributed by atoms with Crippen molar-refractivity contribution in [2.45, 2.75) is 25.4 Å². The van der Waals surface area contributed by atoms with Gasteiger partial charge in [0.05, 0.1) is 18.9 Å². The molecule has 1 fully saturated rings. The van der Waals surface area contributed by atoms with Crippen LogP contribution in [0.2, 0.25) is 0 Å². The van der Waals surface area contributed by atoms with Crippen molar-refractivity contribution in [2.24, 2.45) is 0 Å². The van der Waals surface area contributed by atoms with Crippen LogP contribution in [0.25, 0.3) is 0 Å². The van der Waals surface area contributed by atoms with E-state index in [0.717, 1.165) is 25.6 Å². The molecule has 0 aromatic heterocycles. The van der Waals surface area contributed by atoms with Crippen molar-refractivity contribution < 1.29 is 13.5 Å². The molecule has 0 aliphatic carbocycles. The van der Waals surface area contributed by atoms with Gasteiger partial charge in [0.25, 0.3) is 0 Å². The average molecular weight is 256 g/mol. The van der Waals surface area contributed by atoms with Crippen LogP contribution in [-0.4, -0.2) is 31.8 Å². The van der Waals surface area contributed by atoms with E-state index in [9.17, 15) is 8.78 Å². The van der Waals surface area contributed by atoms with Crippen LogP contribution >= 0.6 is 0 Å². The predicted octanol–water partition coefficient (Wildman–Crippen LogP) is 2.14. The molecular formula is C13H18F2N2O. The molecule has 2 rings (SSSR count). The molecule has 5 heteroatoms. The first-order chi connectivity index (χ1) is 8.66. The summed E-state index contributed by atoms with van der Waals surface area (Å²) in [5, 5.41) is 6.32. The molecule has 0 amide bonds. The van der Waals surface area contributed by atoms with Crippen LogP contribution in [0.1, 0.15) is 13.3 Å². The number of anilines is 1. The third-order valence-electron chi connectivity index (χ3n) is 2.99. The Labute approximate surface area is 106 Å². The van der Waals surface area contributed by atoms with Crippen molar-refractivity contribution in [2.75, 3.05) is 25.1 Å². The van der Waals surface area contributed by atoms with E-state index < -0.39 is 11.6 Å². The number of hydrogen-bond donors (Lipinski definition) is 2. The smallest absolute Gasteiger partial charge is 0.181 e. The fraction of sp³-hybridized carbons (Fsp3) is 0.538. The summed E-state index contributed by atoms with van der Waals surface area (Å²) >= 11 is 0. The first kappa shape index (κ1) is 13.2. The minimum Gasteiger partial charge on any atom is -0.380 e. The summed E-state index contributed by atoms with van der Waals surface area (Å²) in [6.45, 7) is 4.18. The summed E-state index contributed by atoms with van der Waals surface area (Å²) in [6, 6.07) is 4.45. The van der Waals surface area contributed by atoms with E-state index in [1.54, 1.807) is 6.07 Å². The Balaban J connectivity index is 1.90. The highest BCUT2D eigenvalue weighted by Gasteiger charge is 2.17. The van der Waals surface area contributed by atoms with Crippen molar-refractivity contribution in [3.05, 3.63) is 29.8 Å². The zero-order valence-electron chi connectivity index (χ0n) is 10.4. The monoisotopic (exact) mass is 256 g/mol. The number of morpholine rings is 1. The lowest BCUT2D eigenvalue weighted by molar-refractivity contribution is 0.0731. The van der Waals surface area contributed by atoms with Crippen molar-refractivity contribution in [1.82, 2.24) is 5.32 Å². The molecule has 1 aliphatic rings. The number of ether oxygens (including phenoxy) is 1.